The van der Waals surface area contributed by atoms with E-state index in [0.717, 1.165) is 0 Å². The van der Waals surface area contributed by atoms with Crippen molar-refractivity contribution in [2.45, 2.75) is 145 Å². The number of Topliss-reactive ketones (excluding diaryl/α,β-unsaturated/α-hetero) is 3. The number of hydroxylamine groups is 4. The number of hydrogen-bond acceptors (Lipinski definition) is 17. The van der Waals surface area contributed by atoms with Gasteiger partial charge < -0.3 is 31.0 Å². The van der Waals surface area contributed by atoms with Gasteiger partial charge in [-0.1, -0.05) is 41.5 Å². The molecule has 0 aromatic carbocycles. The average molecular weight is 997 g/mol. The van der Waals surface area contributed by atoms with Gasteiger partial charge in [0.1, 0.15) is 5.78 Å². The molecule has 3 aliphatic heterocycles. The van der Waals surface area contributed by atoms with Crippen LogP contribution in [0.2, 0.25) is 0 Å². The zero-order valence-electron chi connectivity index (χ0n) is 37.4. The summed E-state index contributed by atoms with van der Waals surface area (Å²) in [7, 11) is 0. The lowest BCUT2D eigenvalue weighted by molar-refractivity contribution is -0.197. The molecule has 0 saturated carbocycles. The highest BCUT2D eigenvalue weighted by Crippen LogP contribution is 2.13. The molecule has 3 rings (SSSR count). The molecular weight excluding hydrogens is 930 g/mol. The molecule has 0 unspecified atom stereocenters. The molecule has 22 nitrogen and oxygen atoms in total. The minimum atomic E-state index is -1.02. The van der Waals surface area contributed by atoms with Gasteiger partial charge in [0.2, 0.25) is 11.8 Å². The maximum atomic E-state index is 11.7. The number of nitrogens with two attached hydrogens (primary N) is 1. The van der Waals surface area contributed by atoms with Crippen molar-refractivity contribution in [1.82, 2.24) is 20.8 Å². The average Bonchev–Trinajstić information content (AvgIpc) is 3.79. The lowest BCUT2D eigenvalue weighted by atomic mass is 10.0. The zero-order chi connectivity index (χ0) is 47.0. The molecule has 0 aromatic rings. The van der Waals surface area contributed by atoms with Crippen molar-refractivity contribution in [3.63, 3.8) is 0 Å². The number of nitrogens with zero attached hydrogens (tertiary/aromatic N) is 2. The van der Waals surface area contributed by atoms with E-state index >= 15 is 0 Å². The Labute approximate surface area is 399 Å². The number of esters is 2. The number of carbonyl (C=O) groups excluding carboxylic acids is 12. The highest BCUT2D eigenvalue weighted by molar-refractivity contribution is 7.59. The van der Waals surface area contributed by atoms with E-state index in [-0.39, 0.29) is 163 Å². The smallest absolute Gasteiger partial charge is 0.333 e. The van der Waals surface area contributed by atoms with E-state index < -0.39 is 71.4 Å². The number of nitrogens with one attached hydrogen (secondary N) is 2. The number of imide groups is 2. The predicted molar refractivity (Wildman–Crippen MR) is 243 cm³/mol. The first-order chi connectivity index (χ1) is 27.6. The molecule has 0 aromatic heterocycles. The lowest BCUT2D eigenvalue weighted by Crippen LogP contribution is -2.43. The molecule has 0 bridgehead atoms. The number of amides is 6. The first kappa shape index (κ1) is 71.2. The fourth-order valence-electron chi connectivity index (χ4n) is 4.68. The Hall–Kier alpha value is -4.43. The zero-order valence-corrected chi connectivity index (χ0v) is 41.2. The Morgan fingerprint density at radius 1 is 0.594 bits per heavy atom. The standard InChI is InChI=1S/C14H20N2O6.C10H17NO4.C6H13NO.C4H5NO3.C4H4O3.ClH.3H2S/c1-8(2)14(9(3)17)15-10(18)4-7-13(21)22-16-11(19)5-6-12(16)20;1-6(2)10(7(3)12)11-8(13)4-5-9(14)15;1-4(2)6(7)5(3)8;6-3-1-2-4(7)5(3)8;5-3-1-2-4(6)7-3;;;;/h8,14H,4-7H2,1-3H3,(H,15,18);6,10H,4-5H2,1-3H3,(H,11,13)(H,14,15);4,6H,7H2,1-3H3;8H,1-2H2;1-2H2;1H;3*1H2/t14-;10-;6-;;;;;;/m000....../s1. The Balaban J connectivity index is -0.000000174. The van der Waals surface area contributed by atoms with Gasteiger partial charge >= 0.3 is 23.9 Å². The van der Waals surface area contributed by atoms with Crippen LogP contribution in [0.1, 0.15) is 127 Å². The largest absolute Gasteiger partial charge is 0.481 e. The number of hydrogen-bond donors (Lipinski definition) is 5. The fraction of sp³-hybridized carbons (Fsp3) is 0.658. The van der Waals surface area contributed by atoms with Crippen molar-refractivity contribution in [3.8, 4) is 0 Å². The maximum Gasteiger partial charge on any atom is 0.333 e. The Morgan fingerprint density at radius 2 is 0.938 bits per heavy atom. The van der Waals surface area contributed by atoms with Crippen molar-refractivity contribution < 1.29 is 82.2 Å². The molecular formula is C38H66ClN5O17S3. The van der Waals surface area contributed by atoms with Gasteiger partial charge in [-0.05, 0) is 38.5 Å². The quantitative estimate of drug-likeness (QED) is 0.0669. The second kappa shape index (κ2) is 36.9. The number of carboxylic acid groups (broad SMARTS) is 1. The molecule has 64 heavy (non-hydrogen) atoms. The summed E-state index contributed by atoms with van der Waals surface area (Å²) < 4.78 is 4.08. The summed E-state index contributed by atoms with van der Waals surface area (Å²) in [4.78, 5) is 145. The first-order valence-corrected chi connectivity index (χ1v) is 19.0. The van der Waals surface area contributed by atoms with Gasteiger partial charge in [-0.25, -0.2) is 4.79 Å². The van der Waals surface area contributed by atoms with Gasteiger partial charge in [-0.15, -0.1) is 17.5 Å². The third-order valence-corrected chi connectivity index (χ3v) is 8.14. The molecule has 3 aliphatic rings. The maximum absolute atomic E-state index is 11.7. The van der Waals surface area contributed by atoms with Gasteiger partial charge in [-0.2, -0.15) is 45.6 Å². The van der Waals surface area contributed by atoms with E-state index in [9.17, 15) is 62.3 Å². The van der Waals surface area contributed by atoms with Gasteiger partial charge in [0.05, 0.1) is 43.8 Å². The van der Waals surface area contributed by atoms with Crippen LogP contribution >= 0.6 is 52.9 Å². The van der Waals surface area contributed by atoms with Gasteiger partial charge in [0, 0.05) is 38.5 Å². The minimum Gasteiger partial charge on any atom is -0.481 e. The van der Waals surface area contributed by atoms with Crippen LogP contribution in [0.15, 0.2) is 0 Å². The van der Waals surface area contributed by atoms with Crippen LogP contribution < -0.4 is 16.4 Å². The normalized spacial score (nSPS) is 14.8. The molecule has 6 amide bonds. The van der Waals surface area contributed by atoms with Crippen LogP contribution in [0.5, 0.6) is 0 Å². The highest BCUT2D eigenvalue weighted by atomic mass is 35.5. The van der Waals surface area contributed by atoms with Crippen molar-refractivity contribution >= 4 is 130 Å². The molecule has 26 heteroatoms. The molecule has 3 heterocycles. The number of ketones is 3. The van der Waals surface area contributed by atoms with Crippen molar-refractivity contribution in [3.05, 3.63) is 0 Å². The molecule has 3 fully saturated rings. The summed E-state index contributed by atoms with van der Waals surface area (Å²) in [6.45, 7) is 15.4. The third-order valence-electron chi connectivity index (χ3n) is 8.14. The van der Waals surface area contributed by atoms with Gasteiger partial charge in [0.25, 0.3) is 23.6 Å². The summed E-state index contributed by atoms with van der Waals surface area (Å²) in [5.41, 5.74) is 5.41. The van der Waals surface area contributed by atoms with Crippen molar-refractivity contribution in [1.29, 1.82) is 0 Å². The van der Waals surface area contributed by atoms with Crippen LogP contribution in [0.4, 0.5) is 0 Å². The SMILES string of the molecule is CC(=O)[C@@H](N)C(C)C.CC(=O)[C@@H](NC(=O)CCC(=O)O)C(C)C.CC(=O)[C@@H](NC(=O)CCC(=O)ON1C(=O)CCC1=O)C(C)C.Cl.O=C1CCC(=O)N1O.O=C1CCC(=O)O1.S.S.S. The van der Waals surface area contributed by atoms with Crippen molar-refractivity contribution in [2.24, 2.45) is 23.5 Å². The molecule has 6 N–H and O–H groups in total. The molecule has 0 aliphatic carbocycles. The first-order valence-electron chi connectivity index (χ1n) is 19.0. The Morgan fingerprint density at radius 3 is 1.16 bits per heavy atom. The number of carbonyl (C=O) groups is 13. The van der Waals surface area contributed by atoms with E-state index in [1.807, 2.05) is 27.7 Å². The monoisotopic (exact) mass is 995 g/mol. The van der Waals surface area contributed by atoms with Gasteiger partial charge in [-0.3, -0.25) is 62.7 Å². The Bertz CT molecular complexity index is 1590. The van der Waals surface area contributed by atoms with Crippen LogP contribution in [-0.2, 0) is 71.9 Å². The van der Waals surface area contributed by atoms with E-state index in [1.54, 1.807) is 13.8 Å². The van der Waals surface area contributed by atoms with E-state index in [4.69, 9.17) is 16.0 Å². The summed E-state index contributed by atoms with van der Waals surface area (Å²) in [6.07, 6.45) is 0.0719. The summed E-state index contributed by atoms with van der Waals surface area (Å²) >= 11 is 0. The number of aliphatic carboxylic acids is 1. The molecule has 370 valence electrons. The number of cyclic esters (lactones) is 2. The lowest BCUT2D eigenvalue weighted by Gasteiger charge is -2.19. The van der Waals surface area contributed by atoms with E-state index in [1.165, 1.54) is 20.8 Å². The fourth-order valence-corrected chi connectivity index (χ4v) is 4.68. The number of ether oxygens (including phenoxy) is 1. The second-order valence-corrected chi connectivity index (χ2v) is 14.6. The van der Waals surface area contributed by atoms with Crippen LogP contribution in [-0.4, -0.2) is 115 Å². The van der Waals surface area contributed by atoms with E-state index in [0.29, 0.717) is 5.06 Å². The number of rotatable bonds is 15. The second-order valence-electron chi connectivity index (χ2n) is 14.6. The van der Waals surface area contributed by atoms with Crippen molar-refractivity contribution in [2.75, 3.05) is 0 Å². The summed E-state index contributed by atoms with van der Waals surface area (Å²) in [5.74, 6) is -5.67. The number of halogens is 1. The van der Waals surface area contributed by atoms with Crippen LogP contribution in [0, 0.1) is 17.8 Å². The summed E-state index contributed by atoms with van der Waals surface area (Å²) in [6, 6.07) is -1.40. The van der Waals surface area contributed by atoms with E-state index in [2.05, 4.69) is 20.2 Å². The number of carboxylic acids is 1. The Kier molecular flexibility index (Phi) is 41.0. The summed E-state index contributed by atoms with van der Waals surface area (Å²) in [5, 5.41) is 22.4. The predicted octanol–water partition coefficient (Wildman–Crippen LogP) is 1.38. The topological polar surface area (TPSA) is 337 Å². The highest BCUT2D eigenvalue weighted by Gasteiger charge is 2.33. The molecule has 3 atom stereocenters. The minimum absolute atomic E-state index is 0. The van der Waals surface area contributed by atoms with Crippen LogP contribution in [0.3, 0.4) is 0 Å². The third kappa shape index (κ3) is 31.4. The van der Waals surface area contributed by atoms with Crippen LogP contribution in [0.25, 0.3) is 0 Å². The molecule has 0 radical (unpaired) electrons. The molecule has 3 saturated heterocycles. The van der Waals surface area contributed by atoms with Gasteiger partial charge in [0.15, 0.2) is 11.6 Å². The molecule has 0 spiro atoms.